The highest BCUT2D eigenvalue weighted by Gasteiger charge is 2.09. The van der Waals surface area contributed by atoms with Gasteiger partial charge in [-0.2, -0.15) is 10.2 Å². The highest BCUT2D eigenvalue weighted by molar-refractivity contribution is 9.10. The van der Waals surface area contributed by atoms with E-state index >= 15 is 0 Å². The van der Waals surface area contributed by atoms with Gasteiger partial charge in [0.2, 0.25) is 5.95 Å². The molecular formula is C11H7BrFN5. The van der Waals surface area contributed by atoms with Gasteiger partial charge in [-0.1, -0.05) is 15.9 Å². The fraction of sp³-hybridized carbons (Fsp3) is 0. The SMILES string of the molecule is N#Cc1cc(Br)ccc1Nc1nc(N)ncc1F. The first-order valence-electron chi connectivity index (χ1n) is 4.85. The number of halogens is 2. The van der Waals surface area contributed by atoms with E-state index in [4.69, 9.17) is 11.0 Å². The van der Waals surface area contributed by atoms with Gasteiger partial charge < -0.3 is 11.1 Å². The van der Waals surface area contributed by atoms with Crippen LogP contribution in [0.2, 0.25) is 0 Å². The van der Waals surface area contributed by atoms with Gasteiger partial charge in [0.05, 0.1) is 17.4 Å². The third-order valence-corrected chi connectivity index (χ3v) is 2.61. The second-order valence-corrected chi connectivity index (χ2v) is 4.27. The lowest BCUT2D eigenvalue weighted by molar-refractivity contribution is 0.620. The van der Waals surface area contributed by atoms with Crippen molar-refractivity contribution in [2.24, 2.45) is 0 Å². The molecule has 0 saturated carbocycles. The third-order valence-electron chi connectivity index (χ3n) is 2.12. The summed E-state index contributed by atoms with van der Waals surface area (Å²) in [4.78, 5) is 7.24. The number of rotatable bonds is 2. The fourth-order valence-electron chi connectivity index (χ4n) is 1.31. The van der Waals surface area contributed by atoms with E-state index in [1.54, 1.807) is 18.2 Å². The van der Waals surface area contributed by atoms with Crippen molar-refractivity contribution in [1.29, 1.82) is 5.26 Å². The van der Waals surface area contributed by atoms with Crippen LogP contribution in [0.5, 0.6) is 0 Å². The number of anilines is 3. The van der Waals surface area contributed by atoms with E-state index in [2.05, 4.69) is 31.2 Å². The van der Waals surface area contributed by atoms with Gasteiger partial charge in [0, 0.05) is 4.47 Å². The Morgan fingerprint density at radius 2 is 2.22 bits per heavy atom. The molecule has 0 bridgehead atoms. The Morgan fingerprint density at radius 3 is 2.94 bits per heavy atom. The molecule has 0 aliphatic heterocycles. The van der Waals surface area contributed by atoms with Gasteiger partial charge in [0.1, 0.15) is 6.07 Å². The summed E-state index contributed by atoms with van der Waals surface area (Å²) in [5, 5.41) is 11.7. The number of benzene rings is 1. The zero-order valence-electron chi connectivity index (χ0n) is 8.98. The zero-order chi connectivity index (χ0) is 13.1. The van der Waals surface area contributed by atoms with Crippen LogP contribution in [0.4, 0.5) is 21.8 Å². The van der Waals surface area contributed by atoms with Gasteiger partial charge in [-0.15, -0.1) is 0 Å². The summed E-state index contributed by atoms with van der Waals surface area (Å²) in [7, 11) is 0. The van der Waals surface area contributed by atoms with Crippen molar-refractivity contribution in [3.8, 4) is 6.07 Å². The van der Waals surface area contributed by atoms with Crippen molar-refractivity contribution in [2.75, 3.05) is 11.1 Å². The Bertz CT molecular complexity index is 638. The molecule has 5 nitrogen and oxygen atoms in total. The van der Waals surface area contributed by atoms with Gasteiger partial charge in [-0.3, -0.25) is 0 Å². The molecule has 1 heterocycles. The molecule has 18 heavy (non-hydrogen) atoms. The molecule has 1 aromatic carbocycles. The molecule has 0 radical (unpaired) electrons. The average molecular weight is 308 g/mol. The summed E-state index contributed by atoms with van der Waals surface area (Å²) in [6, 6.07) is 6.98. The van der Waals surface area contributed by atoms with Crippen molar-refractivity contribution in [3.63, 3.8) is 0 Å². The van der Waals surface area contributed by atoms with E-state index < -0.39 is 5.82 Å². The lowest BCUT2D eigenvalue weighted by Crippen LogP contribution is -2.03. The molecule has 0 aliphatic carbocycles. The van der Waals surface area contributed by atoms with Crippen LogP contribution in [-0.4, -0.2) is 9.97 Å². The summed E-state index contributed by atoms with van der Waals surface area (Å²) in [5.41, 5.74) is 6.18. The number of aromatic nitrogens is 2. The monoisotopic (exact) mass is 307 g/mol. The predicted octanol–water partition coefficient (Wildman–Crippen LogP) is 2.58. The molecule has 2 rings (SSSR count). The minimum Gasteiger partial charge on any atom is -0.368 e. The van der Waals surface area contributed by atoms with E-state index in [1.807, 2.05) is 6.07 Å². The topological polar surface area (TPSA) is 87.6 Å². The highest BCUT2D eigenvalue weighted by Crippen LogP contribution is 2.24. The predicted molar refractivity (Wildman–Crippen MR) is 68.5 cm³/mol. The van der Waals surface area contributed by atoms with Crippen LogP contribution in [-0.2, 0) is 0 Å². The number of nitrogens with one attached hydrogen (secondary N) is 1. The minimum absolute atomic E-state index is 0.0467. The van der Waals surface area contributed by atoms with Gasteiger partial charge in [-0.25, -0.2) is 9.37 Å². The second-order valence-electron chi connectivity index (χ2n) is 3.35. The van der Waals surface area contributed by atoms with Crippen LogP contribution in [0.3, 0.4) is 0 Å². The molecule has 1 aromatic heterocycles. The molecule has 0 atom stereocenters. The second kappa shape index (κ2) is 4.98. The molecule has 90 valence electrons. The fourth-order valence-corrected chi connectivity index (χ4v) is 1.68. The molecule has 0 amide bonds. The molecule has 0 spiro atoms. The number of hydrogen-bond acceptors (Lipinski definition) is 5. The van der Waals surface area contributed by atoms with Crippen molar-refractivity contribution in [2.45, 2.75) is 0 Å². The summed E-state index contributed by atoms with van der Waals surface area (Å²) in [6.45, 7) is 0. The van der Waals surface area contributed by atoms with Gasteiger partial charge in [0.25, 0.3) is 0 Å². The van der Waals surface area contributed by atoms with E-state index in [0.29, 0.717) is 11.3 Å². The van der Waals surface area contributed by atoms with Gasteiger partial charge in [0.15, 0.2) is 11.6 Å². The van der Waals surface area contributed by atoms with Gasteiger partial charge in [-0.05, 0) is 18.2 Å². The normalized spacial score (nSPS) is 9.83. The van der Waals surface area contributed by atoms with Crippen LogP contribution in [0.25, 0.3) is 0 Å². The van der Waals surface area contributed by atoms with Crippen LogP contribution >= 0.6 is 15.9 Å². The lowest BCUT2D eigenvalue weighted by atomic mass is 10.2. The molecule has 0 unspecified atom stereocenters. The van der Waals surface area contributed by atoms with Crippen molar-refractivity contribution >= 4 is 33.4 Å². The molecule has 0 fully saturated rings. The summed E-state index contributed by atoms with van der Waals surface area (Å²) in [6.07, 6.45) is 0.968. The van der Waals surface area contributed by atoms with Crippen LogP contribution < -0.4 is 11.1 Å². The Hall–Kier alpha value is -2.20. The Balaban J connectivity index is 2.40. The molecular weight excluding hydrogens is 301 g/mol. The van der Waals surface area contributed by atoms with Crippen molar-refractivity contribution < 1.29 is 4.39 Å². The van der Waals surface area contributed by atoms with Crippen LogP contribution in [0.1, 0.15) is 5.56 Å². The van der Waals surface area contributed by atoms with Crippen molar-refractivity contribution in [1.82, 2.24) is 9.97 Å². The molecule has 3 N–H and O–H groups in total. The average Bonchev–Trinajstić information content (AvgIpc) is 2.36. The summed E-state index contributed by atoms with van der Waals surface area (Å²) in [5.74, 6) is -0.758. The Morgan fingerprint density at radius 1 is 1.44 bits per heavy atom. The number of nitriles is 1. The maximum atomic E-state index is 13.4. The van der Waals surface area contributed by atoms with Gasteiger partial charge >= 0.3 is 0 Å². The van der Waals surface area contributed by atoms with E-state index in [9.17, 15) is 4.39 Å². The molecule has 0 aliphatic rings. The Kier molecular flexibility index (Phi) is 3.39. The van der Waals surface area contributed by atoms with Crippen LogP contribution in [0.15, 0.2) is 28.9 Å². The smallest absolute Gasteiger partial charge is 0.222 e. The maximum Gasteiger partial charge on any atom is 0.222 e. The molecule has 0 saturated heterocycles. The van der Waals surface area contributed by atoms with Crippen molar-refractivity contribution in [3.05, 3.63) is 40.2 Å². The van der Waals surface area contributed by atoms with E-state index in [0.717, 1.165) is 10.7 Å². The number of nitrogen functional groups attached to an aromatic ring is 1. The largest absolute Gasteiger partial charge is 0.368 e. The number of hydrogen-bond donors (Lipinski definition) is 2. The highest BCUT2D eigenvalue weighted by atomic mass is 79.9. The molecule has 2 aromatic rings. The quantitative estimate of drug-likeness (QED) is 0.890. The zero-order valence-corrected chi connectivity index (χ0v) is 10.6. The number of nitrogens with two attached hydrogens (primary N) is 1. The minimum atomic E-state index is -0.643. The summed E-state index contributed by atoms with van der Waals surface area (Å²) < 4.78 is 14.2. The number of nitrogens with zero attached hydrogens (tertiary/aromatic N) is 3. The van der Waals surface area contributed by atoms with E-state index in [1.165, 1.54) is 0 Å². The maximum absolute atomic E-state index is 13.4. The lowest BCUT2D eigenvalue weighted by Gasteiger charge is -2.08. The molecule has 7 heteroatoms. The first-order valence-corrected chi connectivity index (χ1v) is 5.64. The van der Waals surface area contributed by atoms with E-state index in [-0.39, 0.29) is 11.8 Å². The first kappa shape index (κ1) is 12.3. The van der Waals surface area contributed by atoms with Crippen LogP contribution in [0, 0.1) is 17.1 Å². The first-order chi connectivity index (χ1) is 8.60. The summed E-state index contributed by atoms with van der Waals surface area (Å²) >= 11 is 3.25. The standard InChI is InChI=1S/C11H7BrFN5/c12-7-1-2-9(6(3-7)4-14)17-10-8(13)5-16-11(15)18-10/h1-3,5H,(H3,15,16,17,18). The Labute approximate surface area is 111 Å². The third kappa shape index (κ3) is 2.55.